The number of hydrogen-bond acceptors (Lipinski definition) is 3. The van der Waals surface area contributed by atoms with Gasteiger partial charge in [-0.2, -0.15) is 5.10 Å². The van der Waals surface area contributed by atoms with Crippen LogP contribution in [0.1, 0.15) is 37.8 Å². The smallest absolute Gasteiger partial charge is 0.335 e. The number of carboxylic acids is 1. The number of amides is 1. The quantitative estimate of drug-likeness (QED) is 0.355. The van der Waals surface area contributed by atoms with Crippen LogP contribution in [0, 0.1) is 13.8 Å². The van der Waals surface area contributed by atoms with Crippen molar-refractivity contribution >= 4 is 18.1 Å². The number of benzene rings is 2. The zero-order chi connectivity index (χ0) is 22.7. The van der Waals surface area contributed by atoms with Gasteiger partial charge in [0.2, 0.25) is 0 Å². The largest absolute Gasteiger partial charge is 0.478 e. The van der Waals surface area contributed by atoms with Crippen molar-refractivity contribution in [3.8, 4) is 11.4 Å². The van der Waals surface area contributed by atoms with Crippen LogP contribution in [0.4, 0.5) is 0 Å². The molecule has 0 bridgehead atoms. The van der Waals surface area contributed by atoms with Crippen LogP contribution in [0.3, 0.4) is 0 Å². The van der Waals surface area contributed by atoms with Gasteiger partial charge in [-0.15, -0.1) is 0 Å². The molecule has 0 unspecified atom stereocenters. The number of nitrogens with zero attached hydrogens (tertiary/aromatic N) is 3. The summed E-state index contributed by atoms with van der Waals surface area (Å²) < 4.78 is 3.97. The first-order valence-electron chi connectivity index (χ1n) is 10.0. The molecule has 0 saturated heterocycles. The number of nitrogens with one attached hydrogen (secondary N) is 1. The Labute approximate surface area is 185 Å². The van der Waals surface area contributed by atoms with Crippen molar-refractivity contribution in [2.45, 2.75) is 13.8 Å². The molecule has 160 valence electrons. The molecule has 0 aliphatic carbocycles. The van der Waals surface area contributed by atoms with Gasteiger partial charge in [0.1, 0.15) is 0 Å². The number of aryl methyl sites for hydroxylation is 2. The van der Waals surface area contributed by atoms with E-state index in [2.05, 4.69) is 27.2 Å². The SMILES string of the molecule is Cc1ccc(C)n1-c1ccc(C(=O)N/N=C\c2cccn2-c2ccc(C(=O)O)cc2)cc1. The molecule has 2 heterocycles. The van der Waals surface area contributed by atoms with Gasteiger partial charge in [-0.1, -0.05) is 0 Å². The number of aromatic nitrogens is 2. The Balaban J connectivity index is 1.44. The fourth-order valence-corrected chi connectivity index (χ4v) is 3.56. The molecule has 7 heteroatoms. The molecule has 2 aromatic carbocycles. The minimum absolute atomic E-state index is 0.219. The molecule has 2 N–H and O–H groups in total. The first-order chi connectivity index (χ1) is 15.4. The monoisotopic (exact) mass is 426 g/mol. The van der Waals surface area contributed by atoms with E-state index in [1.807, 2.05) is 48.9 Å². The normalized spacial score (nSPS) is 11.1. The maximum absolute atomic E-state index is 12.5. The number of hydrazone groups is 1. The second-order valence-electron chi connectivity index (χ2n) is 7.35. The van der Waals surface area contributed by atoms with Crippen LogP contribution in [-0.2, 0) is 0 Å². The Morgan fingerprint density at radius 2 is 1.44 bits per heavy atom. The Morgan fingerprint density at radius 3 is 2.06 bits per heavy atom. The number of carboxylic acid groups (broad SMARTS) is 1. The lowest BCUT2D eigenvalue weighted by Crippen LogP contribution is -2.18. The van der Waals surface area contributed by atoms with E-state index < -0.39 is 5.97 Å². The molecule has 0 atom stereocenters. The molecule has 0 spiro atoms. The minimum atomic E-state index is -0.972. The van der Waals surface area contributed by atoms with Crippen molar-refractivity contribution in [1.82, 2.24) is 14.6 Å². The maximum Gasteiger partial charge on any atom is 0.335 e. The predicted molar refractivity (Wildman–Crippen MR) is 123 cm³/mol. The fourth-order valence-electron chi connectivity index (χ4n) is 3.56. The van der Waals surface area contributed by atoms with Gasteiger partial charge in [0.15, 0.2) is 0 Å². The highest BCUT2D eigenvalue weighted by atomic mass is 16.4. The lowest BCUT2D eigenvalue weighted by atomic mass is 10.2. The summed E-state index contributed by atoms with van der Waals surface area (Å²) in [6.45, 7) is 4.08. The Kier molecular flexibility index (Phi) is 5.72. The Bertz CT molecular complexity index is 1280. The van der Waals surface area contributed by atoms with E-state index in [0.717, 1.165) is 28.5 Å². The standard InChI is InChI=1S/C25H22N4O3/c1-17-5-6-18(2)29(17)22-13-7-19(8-14-22)24(30)27-26-16-23-4-3-15-28(23)21-11-9-20(10-12-21)25(31)32/h3-16H,1-2H3,(H,27,30)(H,31,32)/b26-16-. The topological polar surface area (TPSA) is 88.6 Å². The van der Waals surface area contributed by atoms with Gasteiger partial charge in [0.05, 0.1) is 17.5 Å². The molecule has 0 aliphatic rings. The van der Waals surface area contributed by atoms with Crippen LogP contribution in [0.15, 0.2) is 84.1 Å². The third-order valence-corrected chi connectivity index (χ3v) is 5.19. The molecule has 4 aromatic rings. The van der Waals surface area contributed by atoms with E-state index in [1.54, 1.807) is 42.6 Å². The van der Waals surface area contributed by atoms with Crippen molar-refractivity contribution in [3.05, 3.63) is 107 Å². The highest BCUT2D eigenvalue weighted by Crippen LogP contribution is 2.17. The zero-order valence-electron chi connectivity index (χ0n) is 17.7. The van der Waals surface area contributed by atoms with Gasteiger partial charge in [0, 0.05) is 34.5 Å². The molecule has 0 saturated carbocycles. The van der Waals surface area contributed by atoms with Gasteiger partial charge in [-0.25, -0.2) is 10.2 Å². The summed E-state index contributed by atoms with van der Waals surface area (Å²) in [6.07, 6.45) is 3.38. The van der Waals surface area contributed by atoms with Gasteiger partial charge in [0.25, 0.3) is 5.91 Å². The molecular formula is C25H22N4O3. The van der Waals surface area contributed by atoms with Crippen LogP contribution in [0.25, 0.3) is 11.4 Å². The predicted octanol–water partition coefficient (Wildman–Crippen LogP) is 4.35. The van der Waals surface area contributed by atoms with E-state index in [9.17, 15) is 9.59 Å². The summed E-state index contributed by atoms with van der Waals surface area (Å²) in [7, 11) is 0. The molecular weight excluding hydrogens is 404 g/mol. The summed E-state index contributed by atoms with van der Waals surface area (Å²) in [5.41, 5.74) is 8.06. The number of carbonyl (C=O) groups is 2. The van der Waals surface area contributed by atoms with Crippen molar-refractivity contribution in [2.75, 3.05) is 0 Å². The number of aromatic carboxylic acids is 1. The van der Waals surface area contributed by atoms with Crippen LogP contribution >= 0.6 is 0 Å². The van der Waals surface area contributed by atoms with Crippen LogP contribution < -0.4 is 5.43 Å². The third-order valence-electron chi connectivity index (χ3n) is 5.19. The van der Waals surface area contributed by atoms with Gasteiger partial charge < -0.3 is 14.2 Å². The van der Waals surface area contributed by atoms with Crippen molar-refractivity contribution < 1.29 is 14.7 Å². The highest BCUT2D eigenvalue weighted by molar-refractivity contribution is 5.95. The lowest BCUT2D eigenvalue weighted by molar-refractivity contribution is 0.0696. The maximum atomic E-state index is 12.5. The number of carbonyl (C=O) groups excluding carboxylic acids is 1. The fraction of sp³-hybridized carbons (Fsp3) is 0.0800. The zero-order valence-corrected chi connectivity index (χ0v) is 17.7. The third kappa shape index (κ3) is 4.22. The molecule has 1 amide bonds. The van der Waals surface area contributed by atoms with Crippen LogP contribution in [0.5, 0.6) is 0 Å². The molecule has 32 heavy (non-hydrogen) atoms. The average Bonchev–Trinajstić information content (AvgIpc) is 3.40. The van der Waals surface area contributed by atoms with Crippen LogP contribution in [0.2, 0.25) is 0 Å². The Morgan fingerprint density at radius 1 is 0.844 bits per heavy atom. The van der Waals surface area contributed by atoms with Gasteiger partial charge in [-0.3, -0.25) is 4.79 Å². The second kappa shape index (κ2) is 8.77. The van der Waals surface area contributed by atoms with E-state index in [1.165, 1.54) is 0 Å². The van der Waals surface area contributed by atoms with Crippen LogP contribution in [-0.4, -0.2) is 32.3 Å². The summed E-state index contributed by atoms with van der Waals surface area (Å²) in [5.74, 6) is -1.28. The molecule has 4 rings (SSSR count). The Hall–Kier alpha value is -4.39. The summed E-state index contributed by atoms with van der Waals surface area (Å²) >= 11 is 0. The molecule has 2 aromatic heterocycles. The van der Waals surface area contributed by atoms with Gasteiger partial charge >= 0.3 is 5.97 Å². The van der Waals surface area contributed by atoms with E-state index in [-0.39, 0.29) is 11.5 Å². The number of hydrogen-bond donors (Lipinski definition) is 2. The number of rotatable bonds is 6. The summed E-state index contributed by atoms with van der Waals surface area (Å²) in [5, 5.41) is 13.1. The van der Waals surface area contributed by atoms with Crippen molar-refractivity contribution in [1.29, 1.82) is 0 Å². The van der Waals surface area contributed by atoms with E-state index in [0.29, 0.717) is 5.56 Å². The van der Waals surface area contributed by atoms with Crippen molar-refractivity contribution in [2.24, 2.45) is 5.10 Å². The minimum Gasteiger partial charge on any atom is -0.478 e. The summed E-state index contributed by atoms with van der Waals surface area (Å²) in [4.78, 5) is 23.5. The average molecular weight is 426 g/mol. The molecule has 0 fully saturated rings. The van der Waals surface area contributed by atoms with E-state index in [4.69, 9.17) is 5.11 Å². The van der Waals surface area contributed by atoms with Gasteiger partial charge in [-0.05, 0) is 86.6 Å². The second-order valence-corrected chi connectivity index (χ2v) is 7.35. The van der Waals surface area contributed by atoms with E-state index >= 15 is 0 Å². The first-order valence-corrected chi connectivity index (χ1v) is 10.0. The molecule has 0 radical (unpaired) electrons. The summed E-state index contributed by atoms with van der Waals surface area (Å²) in [6, 6.07) is 21.7. The first kappa shape index (κ1) is 20.9. The van der Waals surface area contributed by atoms with Crippen molar-refractivity contribution in [3.63, 3.8) is 0 Å². The molecule has 7 nitrogen and oxygen atoms in total. The highest BCUT2D eigenvalue weighted by Gasteiger charge is 2.08. The molecule has 0 aliphatic heterocycles. The lowest BCUT2D eigenvalue weighted by Gasteiger charge is -2.10.